The van der Waals surface area contributed by atoms with Crippen LogP contribution in [0.15, 0.2) is 6.33 Å². The van der Waals surface area contributed by atoms with Crippen LogP contribution >= 0.6 is 0 Å². The second-order valence-electron chi connectivity index (χ2n) is 5.43. The SMILES string of the molecule is CCCN(Cc1ncnn1CCC)CC1CCCN1. The van der Waals surface area contributed by atoms with Gasteiger partial charge in [0.1, 0.15) is 12.2 Å². The molecule has 1 unspecified atom stereocenters. The van der Waals surface area contributed by atoms with E-state index in [2.05, 4.69) is 34.1 Å². The molecule has 1 aliphatic rings. The summed E-state index contributed by atoms with van der Waals surface area (Å²) in [5.41, 5.74) is 0. The summed E-state index contributed by atoms with van der Waals surface area (Å²) in [4.78, 5) is 6.93. The zero-order chi connectivity index (χ0) is 13.5. The molecule has 1 aromatic heterocycles. The fourth-order valence-electron chi connectivity index (χ4n) is 2.78. The summed E-state index contributed by atoms with van der Waals surface area (Å²) in [5.74, 6) is 1.10. The quantitative estimate of drug-likeness (QED) is 0.776. The fraction of sp³-hybridized carbons (Fsp3) is 0.857. The van der Waals surface area contributed by atoms with Gasteiger partial charge in [0.05, 0.1) is 6.54 Å². The number of hydrogen-bond acceptors (Lipinski definition) is 4. The van der Waals surface area contributed by atoms with Crippen LogP contribution in [-0.4, -0.2) is 45.3 Å². The number of hydrogen-bond donors (Lipinski definition) is 1. The van der Waals surface area contributed by atoms with Crippen molar-refractivity contribution in [2.45, 2.75) is 58.7 Å². The molecule has 0 aromatic carbocycles. The van der Waals surface area contributed by atoms with E-state index >= 15 is 0 Å². The number of aryl methyl sites for hydroxylation is 1. The lowest BCUT2D eigenvalue weighted by molar-refractivity contribution is 0.231. The van der Waals surface area contributed by atoms with Gasteiger partial charge in [-0.15, -0.1) is 0 Å². The predicted octanol–water partition coefficient (Wildman–Crippen LogP) is 1.65. The second-order valence-corrected chi connectivity index (χ2v) is 5.43. The zero-order valence-corrected chi connectivity index (χ0v) is 12.3. The van der Waals surface area contributed by atoms with Gasteiger partial charge >= 0.3 is 0 Å². The third-order valence-corrected chi connectivity index (χ3v) is 3.68. The minimum Gasteiger partial charge on any atom is -0.313 e. The third kappa shape index (κ3) is 4.28. The van der Waals surface area contributed by atoms with Crippen molar-refractivity contribution in [2.75, 3.05) is 19.6 Å². The Hall–Kier alpha value is -0.940. The summed E-state index contributed by atoms with van der Waals surface area (Å²) in [5, 5.41) is 7.89. The summed E-state index contributed by atoms with van der Waals surface area (Å²) in [6.07, 6.45) is 6.60. The molecule has 1 atom stereocenters. The van der Waals surface area contributed by atoms with E-state index in [0.717, 1.165) is 38.4 Å². The van der Waals surface area contributed by atoms with E-state index in [9.17, 15) is 0 Å². The number of aromatic nitrogens is 3. The summed E-state index contributed by atoms with van der Waals surface area (Å²) < 4.78 is 2.05. The first-order valence-electron chi connectivity index (χ1n) is 7.66. The molecule has 0 aliphatic carbocycles. The lowest BCUT2D eigenvalue weighted by atomic mass is 10.2. The molecule has 1 fully saturated rings. The Morgan fingerprint density at radius 3 is 3.00 bits per heavy atom. The largest absolute Gasteiger partial charge is 0.313 e. The van der Waals surface area contributed by atoms with Gasteiger partial charge in [0, 0.05) is 19.1 Å². The molecule has 1 saturated heterocycles. The highest BCUT2D eigenvalue weighted by Crippen LogP contribution is 2.10. The van der Waals surface area contributed by atoms with E-state index in [-0.39, 0.29) is 0 Å². The van der Waals surface area contributed by atoms with Gasteiger partial charge in [-0.2, -0.15) is 5.10 Å². The molecule has 2 heterocycles. The van der Waals surface area contributed by atoms with Crippen molar-refractivity contribution in [3.05, 3.63) is 12.2 Å². The molecule has 0 amide bonds. The van der Waals surface area contributed by atoms with E-state index in [1.165, 1.54) is 25.8 Å². The molecule has 19 heavy (non-hydrogen) atoms. The van der Waals surface area contributed by atoms with E-state index < -0.39 is 0 Å². The number of nitrogens with one attached hydrogen (secondary N) is 1. The van der Waals surface area contributed by atoms with Crippen LogP contribution in [0.4, 0.5) is 0 Å². The average Bonchev–Trinajstić information content (AvgIpc) is 3.03. The average molecular weight is 265 g/mol. The van der Waals surface area contributed by atoms with Crippen molar-refractivity contribution in [1.29, 1.82) is 0 Å². The van der Waals surface area contributed by atoms with E-state index in [1.807, 2.05) is 4.68 Å². The molecule has 5 heteroatoms. The maximum absolute atomic E-state index is 4.42. The molecule has 1 aliphatic heterocycles. The van der Waals surface area contributed by atoms with Crippen LogP contribution in [0.1, 0.15) is 45.4 Å². The van der Waals surface area contributed by atoms with Crippen LogP contribution in [0.25, 0.3) is 0 Å². The predicted molar refractivity (Wildman–Crippen MR) is 76.9 cm³/mol. The van der Waals surface area contributed by atoms with Gasteiger partial charge < -0.3 is 5.32 Å². The maximum Gasteiger partial charge on any atom is 0.141 e. The van der Waals surface area contributed by atoms with Gasteiger partial charge in [0.2, 0.25) is 0 Å². The highest BCUT2D eigenvalue weighted by atomic mass is 15.3. The Bertz CT molecular complexity index is 356. The van der Waals surface area contributed by atoms with Gasteiger partial charge in [-0.1, -0.05) is 13.8 Å². The normalized spacial score (nSPS) is 19.4. The zero-order valence-electron chi connectivity index (χ0n) is 12.3. The monoisotopic (exact) mass is 265 g/mol. The Labute approximate surface area is 116 Å². The van der Waals surface area contributed by atoms with Crippen molar-refractivity contribution in [3.63, 3.8) is 0 Å². The number of rotatable bonds is 8. The second kappa shape index (κ2) is 7.60. The standard InChI is InChI=1S/C14H27N5/c1-3-8-18(10-13-6-5-7-15-13)11-14-16-12-17-19(14)9-4-2/h12-13,15H,3-11H2,1-2H3. The van der Waals surface area contributed by atoms with Crippen LogP contribution in [0, 0.1) is 0 Å². The highest BCUT2D eigenvalue weighted by Gasteiger charge is 2.18. The van der Waals surface area contributed by atoms with Gasteiger partial charge in [-0.25, -0.2) is 9.67 Å². The van der Waals surface area contributed by atoms with Gasteiger partial charge in [-0.3, -0.25) is 4.90 Å². The molecule has 108 valence electrons. The lowest BCUT2D eigenvalue weighted by Crippen LogP contribution is -2.38. The Balaban J connectivity index is 1.92. The van der Waals surface area contributed by atoms with E-state index in [1.54, 1.807) is 6.33 Å². The summed E-state index contributed by atoms with van der Waals surface area (Å²) >= 11 is 0. The van der Waals surface area contributed by atoms with Crippen LogP contribution < -0.4 is 5.32 Å². The minimum absolute atomic E-state index is 0.661. The van der Waals surface area contributed by atoms with Gasteiger partial charge in [0.25, 0.3) is 0 Å². The fourth-order valence-corrected chi connectivity index (χ4v) is 2.78. The van der Waals surface area contributed by atoms with Crippen LogP contribution in [0.2, 0.25) is 0 Å². The topological polar surface area (TPSA) is 46.0 Å². The molecule has 1 aromatic rings. The first-order valence-corrected chi connectivity index (χ1v) is 7.66. The summed E-state index contributed by atoms with van der Waals surface area (Å²) in [7, 11) is 0. The molecule has 0 bridgehead atoms. The Kier molecular flexibility index (Phi) is 5.79. The first kappa shape index (κ1) is 14.5. The molecule has 1 N–H and O–H groups in total. The number of nitrogens with zero attached hydrogens (tertiary/aromatic N) is 4. The molecule has 2 rings (SSSR count). The summed E-state index contributed by atoms with van der Waals surface area (Å²) in [6.45, 7) is 9.76. The van der Waals surface area contributed by atoms with E-state index in [0.29, 0.717) is 6.04 Å². The third-order valence-electron chi connectivity index (χ3n) is 3.68. The molecular weight excluding hydrogens is 238 g/mol. The van der Waals surface area contributed by atoms with Crippen LogP contribution in [0.5, 0.6) is 0 Å². The maximum atomic E-state index is 4.42. The lowest BCUT2D eigenvalue weighted by Gasteiger charge is -2.24. The molecule has 0 radical (unpaired) electrons. The van der Waals surface area contributed by atoms with Crippen molar-refractivity contribution in [1.82, 2.24) is 25.0 Å². The minimum atomic E-state index is 0.661. The Morgan fingerprint density at radius 1 is 1.42 bits per heavy atom. The van der Waals surface area contributed by atoms with Crippen molar-refractivity contribution >= 4 is 0 Å². The van der Waals surface area contributed by atoms with Crippen LogP contribution in [-0.2, 0) is 13.1 Å². The first-order chi connectivity index (χ1) is 9.33. The van der Waals surface area contributed by atoms with E-state index in [4.69, 9.17) is 0 Å². The van der Waals surface area contributed by atoms with Crippen molar-refractivity contribution in [3.8, 4) is 0 Å². The highest BCUT2D eigenvalue weighted by molar-refractivity contribution is 4.87. The van der Waals surface area contributed by atoms with Crippen LogP contribution in [0.3, 0.4) is 0 Å². The van der Waals surface area contributed by atoms with Gasteiger partial charge in [0.15, 0.2) is 0 Å². The molecule has 0 spiro atoms. The molecular formula is C14H27N5. The molecule has 5 nitrogen and oxygen atoms in total. The molecule has 0 saturated carbocycles. The van der Waals surface area contributed by atoms with Crippen molar-refractivity contribution in [2.24, 2.45) is 0 Å². The smallest absolute Gasteiger partial charge is 0.141 e. The Morgan fingerprint density at radius 2 is 2.32 bits per heavy atom. The summed E-state index contributed by atoms with van der Waals surface area (Å²) in [6, 6.07) is 0.661. The van der Waals surface area contributed by atoms with Gasteiger partial charge in [-0.05, 0) is 38.8 Å². The van der Waals surface area contributed by atoms with Crippen molar-refractivity contribution < 1.29 is 0 Å².